The highest BCUT2D eigenvalue weighted by molar-refractivity contribution is 6.63. The smallest absolute Gasteiger partial charge is 0.477 e. The molecule has 1 aromatic rings. The molecule has 0 unspecified atom stereocenters. The molecule has 0 radical (unpaired) electrons. The van der Waals surface area contributed by atoms with Gasteiger partial charge in [0.05, 0.1) is 11.2 Å². The Balaban J connectivity index is 2.55. The lowest BCUT2D eigenvalue weighted by atomic mass is 9.77. The van der Waals surface area contributed by atoms with Gasteiger partial charge in [-0.3, -0.25) is 0 Å². The van der Waals surface area contributed by atoms with Crippen LogP contribution in [0.4, 0.5) is 22.0 Å². The van der Waals surface area contributed by atoms with Crippen molar-refractivity contribution in [1.82, 2.24) is 0 Å². The maximum absolute atomic E-state index is 13.8. The van der Waals surface area contributed by atoms with Gasteiger partial charge in [0.1, 0.15) is 5.75 Å². The summed E-state index contributed by atoms with van der Waals surface area (Å²) in [7, 11) is -1.46. The third-order valence-electron chi connectivity index (χ3n) is 4.37. The number of benzene rings is 1. The van der Waals surface area contributed by atoms with Crippen LogP contribution < -0.4 is 10.2 Å². The van der Waals surface area contributed by atoms with Gasteiger partial charge in [-0.1, -0.05) is 0 Å². The second-order valence-electron chi connectivity index (χ2n) is 6.77. The number of carboxylic acid groups (broad SMARTS) is 1. The van der Waals surface area contributed by atoms with E-state index in [1.807, 2.05) is 0 Å². The minimum absolute atomic E-state index is 0.487. The first-order valence-corrected chi connectivity index (χ1v) is 7.44. The molecule has 2 rings (SSSR count). The zero-order valence-corrected chi connectivity index (χ0v) is 14.3. The normalized spacial score (nSPS) is 19.5. The Morgan fingerprint density at radius 1 is 1.08 bits per heavy atom. The predicted octanol–water partition coefficient (Wildman–Crippen LogP) is 3.06. The number of aliphatic carboxylic acids is 1. The van der Waals surface area contributed by atoms with Crippen molar-refractivity contribution < 1.29 is 45.9 Å². The Morgan fingerprint density at radius 2 is 1.58 bits per heavy atom. The molecule has 1 saturated heterocycles. The van der Waals surface area contributed by atoms with Gasteiger partial charge in [-0.05, 0) is 45.9 Å². The van der Waals surface area contributed by atoms with E-state index in [9.17, 15) is 26.7 Å². The SMILES string of the molecule is CC1(C)OB(c2cc(C(F)(F)C(=O)O)ccc2OC(F)(F)F)OC1(C)C. The number of hydrogen-bond acceptors (Lipinski definition) is 4. The van der Waals surface area contributed by atoms with Crippen molar-refractivity contribution in [2.45, 2.75) is 51.2 Å². The summed E-state index contributed by atoms with van der Waals surface area (Å²) in [4.78, 5) is 10.8. The van der Waals surface area contributed by atoms with E-state index in [0.717, 1.165) is 0 Å². The van der Waals surface area contributed by atoms with Crippen molar-refractivity contribution in [2.75, 3.05) is 0 Å². The van der Waals surface area contributed by atoms with Crippen LogP contribution in [0, 0.1) is 0 Å². The number of hydrogen-bond donors (Lipinski definition) is 1. The molecule has 0 saturated carbocycles. The largest absolute Gasteiger partial charge is 0.573 e. The number of halogens is 5. The first kappa shape index (κ1) is 20.4. The monoisotopic (exact) mass is 382 g/mol. The third kappa shape index (κ3) is 3.78. The Morgan fingerprint density at radius 3 is 2.00 bits per heavy atom. The molecule has 0 aliphatic carbocycles. The standard InChI is InChI=1S/C15H16BF5O5/c1-12(2)13(3,4)26-16(25-12)9-7-8(14(17,18)11(22)23)5-6-10(9)24-15(19,20)21/h5-7H,1-4H3,(H,22,23). The maximum atomic E-state index is 13.8. The molecule has 0 spiro atoms. The lowest BCUT2D eigenvalue weighted by molar-refractivity contribution is -0.274. The van der Waals surface area contributed by atoms with Crippen molar-refractivity contribution >= 4 is 18.6 Å². The van der Waals surface area contributed by atoms with E-state index in [0.29, 0.717) is 18.2 Å². The molecule has 0 amide bonds. The van der Waals surface area contributed by atoms with Crippen molar-refractivity contribution in [3.63, 3.8) is 0 Å². The molecular formula is C15H16BF5O5. The molecule has 11 heteroatoms. The van der Waals surface area contributed by atoms with E-state index in [1.165, 1.54) is 0 Å². The summed E-state index contributed by atoms with van der Waals surface area (Å²) >= 11 is 0. The molecule has 26 heavy (non-hydrogen) atoms. The zero-order valence-electron chi connectivity index (χ0n) is 14.3. The lowest BCUT2D eigenvalue weighted by Gasteiger charge is -2.32. The summed E-state index contributed by atoms with van der Waals surface area (Å²) in [5.74, 6) is -7.57. The van der Waals surface area contributed by atoms with Gasteiger partial charge in [-0.25, -0.2) is 4.79 Å². The topological polar surface area (TPSA) is 65.0 Å². The Bertz CT molecular complexity index is 701. The predicted molar refractivity (Wildman–Crippen MR) is 80.4 cm³/mol. The fourth-order valence-corrected chi connectivity index (χ4v) is 2.24. The minimum atomic E-state index is -5.09. The Hall–Kier alpha value is -1.88. The molecule has 0 atom stereocenters. The summed E-state index contributed by atoms with van der Waals surface area (Å²) in [6, 6.07) is 1.74. The van der Waals surface area contributed by atoms with Crippen LogP contribution in [0.2, 0.25) is 0 Å². The van der Waals surface area contributed by atoms with Gasteiger partial charge in [0.15, 0.2) is 0 Å². The van der Waals surface area contributed by atoms with Crippen LogP contribution in [-0.4, -0.2) is 35.8 Å². The molecule has 1 N–H and O–H groups in total. The fraction of sp³-hybridized carbons (Fsp3) is 0.533. The van der Waals surface area contributed by atoms with Gasteiger partial charge in [0.25, 0.3) is 0 Å². The van der Waals surface area contributed by atoms with Crippen molar-refractivity contribution in [1.29, 1.82) is 0 Å². The molecule has 1 aliphatic heterocycles. The van der Waals surface area contributed by atoms with Crippen molar-refractivity contribution in [2.24, 2.45) is 0 Å². The van der Waals surface area contributed by atoms with E-state index < -0.39 is 53.4 Å². The molecular weight excluding hydrogens is 366 g/mol. The second kappa shape index (κ2) is 6.09. The van der Waals surface area contributed by atoms with Gasteiger partial charge in [-0.15, -0.1) is 13.2 Å². The van der Waals surface area contributed by atoms with E-state index in [2.05, 4.69) is 4.74 Å². The zero-order chi connectivity index (χ0) is 20.1. The van der Waals surface area contributed by atoms with E-state index in [4.69, 9.17) is 14.4 Å². The average Bonchev–Trinajstić information content (AvgIpc) is 2.65. The van der Waals surface area contributed by atoms with Gasteiger partial charge in [-0.2, -0.15) is 8.78 Å². The molecule has 5 nitrogen and oxygen atoms in total. The van der Waals surface area contributed by atoms with Crippen molar-refractivity contribution in [3.8, 4) is 5.75 Å². The minimum Gasteiger partial charge on any atom is -0.477 e. The number of ether oxygens (including phenoxy) is 1. The van der Waals surface area contributed by atoms with Crippen LogP contribution in [0.25, 0.3) is 0 Å². The fourth-order valence-electron chi connectivity index (χ4n) is 2.24. The molecule has 1 fully saturated rings. The van der Waals surface area contributed by atoms with E-state index in [-0.39, 0.29) is 0 Å². The summed E-state index contributed by atoms with van der Waals surface area (Å²) < 4.78 is 80.4. The third-order valence-corrected chi connectivity index (χ3v) is 4.37. The van der Waals surface area contributed by atoms with Gasteiger partial charge in [0, 0.05) is 11.0 Å². The van der Waals surface area contributed by atoms with Gasteiger partial charge >= 0.3 is 25.4 Å². The molecule has 1 heterocycles. The summed E-state index contributed by atoms with van der Waals surface area (Å²) in [5.41, 5.74) is -3.43. The number of carbonyl (C=O) groups is 1. The first-order chi connectivity index (χ1) is 11.6. The second-order valence-corrected chi connectivity index (χ2v) is 6.77. The molecule has 0 bridgehead atoms. The lowest BCUT2D eigenvalue weighted by Crippen LogP contribution is -2.41. The summed E-state index contributed by atoms with van der Waals surface area (Å²) in [6.07, 6.45) is -5.09. The van der Waals surface area contributed by atoms with Crippen LogP contribution >= 0.6 is 0 Å². The molecule has 0 aromatic heterocycles. The first-order valence-electron chi connectivity index (χ1n) is 7.44. The quantitative estimate of drug-likeness (QED) is 0.641. The highest BCUT2D eigenvalue weighted by Gasteiger charge is 2.53. The van der Waals surface area contributed by atoms with Crippen molar-refractivity contribution in [3.05, 3.63) is 23.8 Å². The number of carboxylic acids is 1. The van der Waals surface area contributed by atoms with Crippen LogP contribution in [-0.2, 0) is 20.0 Å². The van der Waals surface area contributed by atoms with Crippen LogP contribution in [0.15, 0.2) is 18.2 Å². The molecule has 1 aromatic carbocycles. The van der Waals surface area contributed by atoms with Crippen LogP contribution in [0.1, 0.15) is 33.3 Å². The summed E-state index contributed by atoms with van der Waals surface area (Å²) in [6.45, 7) is 6.47. The highest BCUT2D eigenvalue weighted by atomic mass is 19.4. The van der Waals surface area contributed by atoms with Crippen LogP contribution in [0.3, 0.4) is 0 Å². The van der Waals surface area contributed by atoms with E-state index >= 15 is 0 Å². The molecule has 1 aliphatic rings. The Kier molecular flexibility index (Phi) is 4.78. The van der Waals surface area contributed by atoms with E-state index in [1.54, 1.807) is 27.7 Å². The van der Waals surface area contributed by atoms with Crippen LogP contribution in [0.5, 0.6) is 5.75 Å². The molecule has 144 valence electrons. The highest BCUT2D eigenvalue weighted by Crippen LogP contribution is 2.38. The Labute approximate surface area is 146 Å². The van der Waals surface area contributed by atoms with Gasteiger partial charge in [0.2, 0.25) is 0 Å². The maximum Gasteiger partial charge on any atom is 0.573 e. The number of rotatable bonds is 4. The van der Waals surface area contributed by atoms with Gasteiger partial charge < -0.3 is 19.2 Å². The number of alkyl halides is 5. The average molecular weight is 382 g/mol. The summed E-state index contributed by atoms with van der Waals surface area (Å²) in [5, 5.41) is 8.65.